The third-order valence-corrected chi connectivity index (χ3v) is 3.12. The van der Waals surface area contributed by atoms with Gasteiger partial charge in [0.1, 0.15) is 9.21 Å². The number of aromatic nitrogens is 3. The predicted octanol–water partition coefficient (Wildman–Crippen LogP) is 3.83. The first kappa shape index (κ1) is 11.2. The quantitative estimate of drug-likeness (QED) is 0.691. The second kappa shape index (κ2) is 4.67. The maximum Gasteiger partial charge on any atom is 0.162 e. The zero-order valence-electron chi connectivity index (χ0n) is 7.28. The molecule has 0 spiro atoms. The van der Waals surface area contributed by atoms with Crippen LogP contribution in [0.2, 0.25) is 0 Å². The summed E-state index contributed by atoms with van der Waals surface area (Å²) in [4.78, 5) is 12.6. The van der Waals surface area contributed by atoms with Gasteiger partial charge in [-0.25, -0.2) is 9.97 Å². The molecule has 6 heteroatoms. The molecule has 0 bridgehead atoms. The van der Waals surface area contributed by atoms with Crippen molar-refractivity contribution in [3.63, 3.8) is 0 Å². The molecule has 0 N–H and O–H groups in total. The molecule has 76 valence electrons. The largest absolute Gasteiger partial charge is 0.264 e. The van der Waals surface area contributed by atoms with Gasteiger partial charge in [-0.2, -0.15) is 0 Å². The summed E-state index contributed by atoms with van der Waals surface area (Å²) < 4.78 is 2.35. The van der Waals surface area contributed by atoms with Gasteiger partial charge in [-0.3, -0.25) is 4.98 Å². The smallest absolute Gasteiger partial charge is 0.162 e. The molecular weight excluding hydrogens is 390 g/mol. The van der Waals surface area contributed by atoms with Crippen molar-refractivity contribution in [2.75, 3.05) is 0 Å². The Hall–Kier alpha value is -0.330. The molecule has 0 saturated carbocycles. The van der Waals surface area contributed by atoms with Gasteiger partial charge in [-0.15, -0.1) is 0 Å². The molecule has 3 nitrogen and oxygen atoms in total. The van der Waals surface area contributed by atoms with Crippen LogP contribution in [0.3, 0.4) is 0 Å². The Morgan fingerprint density at radius 2 is 1.67 bits per heavy atom. The first-order chi connectivity index (χ1) is 7.16. The van der Waals surface area contributed by atoms with Crippen LogP contribution < -0.4 is 0 Å². The molecule has 0 saturated heterocycles. The first-order valence-electron chi connectivity index (χ1n) is 3.97. The maximum absolute atomic E-state index is 4.28. The minimum absolute atomic E-state index is 0.644. The van der Waals surface area contributed by atoms with Crippen molar-refractivity contribution in [2.24, 2.45) is 0 Å². The lowest BCUT2D eigenvalue weighted by Gasteiger charge is -2.03. The highest BCUT2D eigenvalue weighted by atomic mass is 79.9. The summed E-state index contributed by atoms with van der Waals surface area (Å²) in [5, 5.41) is 0. The van der Waals surface area contributed by atoms with Crippen LogP contribution in [-0.4, -0.2) is 15.0 Å². The Labute approximate surface area is 112 Å². The van der Waals surface area contributed by atoms with Gasteiger partial charge in [0.15, 0.2) is 5.82 Å². The number of hydrogen-bond acceptors (Lipinski definition) is 3. The van der Waals surface area contributed by atoms with Gasteiger partial charge in [0, 0.05) is 28.5 Å². The van der Waals surface area contributed by atoms with Crippen molar-refractivity contribution >= 4 is 47.8 Å². The van der Waals surface area contributed by atoms with E-state index in [9.17, 15) is 0 Å². The van der Waals surface area contributed by atoms with Crippen LogP contribution >= 0.6 is 47.8 Å². The lowest BCUT2D eigenvalue weighted by Crippen LogP contribution is -1.91. The van der Waals surface area contributed by atoms with Crippen LogP contribution in [0.15, 0.2) is 38.2 Å². The van der Waals surface area contributed by atoms with Crippen LogP contribution in [0.1, 0.15) is 0 Å². The highest BCUT2D eigenvalue weighted by molar-refractivity contribution is 9.11. The Bertz CT molecular complexity index is 481. The number of nitrogens with zero attached hydrogens (tertiary/aromatic N) is 3. The molecule has 2 aromatic heterocycles. The van der Waals surface area contributed by atoms with Gasteiger partial charge < -0.3 is 0 Å². The van der Waals surface area contributed by atoms with Crippen LogP contribution in [0.4, 0.5) is 0 Å². The lowest BCUT2D eigenvalue weighted by atomic mass is 10.2. The number of hydrogen-bond donors (Lipinski definition) is 0. The van der Waals surface area contributed by atoms with E-state index in [0.717, 1.165) is 19.2 Å². The fourth-order valence-corrected chi connectivity index (χ4v) is 2.57. The third-order valence-electron chi connectivity index (χ3n) is 1.68. The molecule has 2 aromatic rings. The molecule has 0 unspecified atom stereocenters. The maximum atomic E-state index is 4.28. The van der Waals surface area contributed by atoms with Gasteiger partial charge in [0.05, 0.1) is 0 Å². The third kappa shape index (κ3) is 2.62. The molecule has 0 radical (unpaired) electrons. The summed E-state index contributed by atoms with van der Waals surface area (Å²) >= 11 is 10.1. The van der Waals surface area contributed by atoms with E-state index in [2.05, 4.69) is 62.7 Å². The summed E-state index contributed by atoms with van der Waals surface area (Å²) in [6, 6.07) is 3.65. The van der Waals surface area contributed by atoms with Crippen LogP contribution in [-0.2, 0) is 0 Å². The van der Waals surface area contributed by atoms with E-state index in [-0.39, 0.29) is 0 Å². The number of pyridine rings is 1. The second-order valence-electron chi connectivity index (χ2n) is 2.69. The topological polar surface area (TPSA) is 38.7 Å². The first-order valence-corrected chi connectivity index (χ1v) is 6.34. The van der Waals surface area contributed by atoms with Crippen LogP contribution in [0, 0.1) is 0 Å². The van der Waals surface area contributed by atoms with Crippen molar-refractivity contribution in [3.8, 4) is 11.4 Å². The molecule has 0 atom stereocenters. The summed E-state index contributed by atoms with van der Waals surface area (Å²) in [7, 11) is 0. The van der Waals surface area contributed by atoms with Gasteiger partial charge in [0.25, 0.3) is 0 Å². The Morgan fingerprint density at radius 3 is 2.27 bits per heavy atom. The summed E-state index contributed by atoms with van der Waals surface area (Å²) in [5.41, 5.74) is 0.909. The molecule has 2 rings (SSSR count). The Kier molecular flexibility index (Phi) is 3.48. The van der Waals surface area contributed by atoms with Crippen molar-refractivity contribution in [1.82, 2.24) is 15.0 Å². The average Bonchev–Trinajstić information content (AvgIpc) is 2.16. The Balaban J connectivity index is 2.59. The molecule has 2 heterocycles. The van der Waals surface area contributed by atoms with Gasteiger partial charge in [-0.05, 0) is 53.9 Å². The normalized spacial score (nSPS) is 10.3. The van der Waals surface area contributed by atoms with Gasteiger partial charge in [0.2, 0.25) is 0 Å². The molecule has 0 fully saturated rings. The van der Waals surface area contributed by atoms with Crippen molar-refractivity contribution in [2.45, 2.75) is 0 Å². The standard InChI is InChI=1S/C9H4Br3N3/c10-6-4-13-2-1-5(6)9-14-7(11)3-8(12)15-9/h1-4H. The molecule has 0 aliphatic heterocycles. The average molecular weight is 394 g/mol. The molecule has 0 amide bonds. The van der Waals surface area contributed by atoms with E-state index >= 15 is 0 Å². The van der Waals surface area contributed by atoms with Crippen molar-refractivity contribution in [1.29, 1.82) is 0 Å². The molecule has 15 heavy (non-hydrogen) atoms. The SMILES string of the molecule is Brc1cc(Br)nc(-c2ccncc2Br)n1. The van der Waals surface area contributed by atoms with Gasteiger partial charge in [-0.1, -0.05) is 0 Å². The van der Waals surface area contributed by atoms with E-state index in [1.807, 2.05) is 6.07 Å². The molecular formula is C9H4Br3N3. The van der Waals surface area contributed by atoms with E-state index in [4.69, 9.17) is 0 Å². The van der Waals surface area contributed by atoms with Crippen molar-refractivity contribution < 1.29 is 0 Å². The van der Waals surface area contributed by atoms with E-state index in [1.165, 1.54) is 0 Å². The summed E-state index contributed by atoms with van der Waals surface area (Å²) in [5.74, 6) is 0.644. The van der Waals surface area contributed by atoms with E-state index < -0.39 is 0 Å². The van der Waals surface area contributed by atoms with Gasteiger partial charge >= 0.3 is 0 Å². The highest BCUT2D eigenvalue weighted by Gasteiger charge is 2.07. The molecule has 0 aliphatic rings. The van der Waals surface area contributed by atoms with Crippen molar-refractivity contribution in [3.05, 3.63) is 38.2 Å². The molecule has 0 aliphatic carbocycles. The fraction of sp³-hybridized carbons (Fsp3) is 0. The monoisotopic (exact) mass is 391 g/mol. The summed E-state index contributed by atoms with van der Waals surface area (Å²) in [6.07, 6.45) is 3.42. The zero-order chi connectivity index (χ0) is 10.8. The minimum Gasteiger partial charge on any atom is -0.264 e. The van der Waals surface area contributed by atoms with E-state index in [1.54, 1.807) is 18.5 Å². The fourth-order valence-electron chi connectivity index (χ4n) is 1.07. The minimum atomic E-state index is 0.644. The predicted molar refractivity (Wildman–Crippen MR) is 68.4 cm³/mol. The summed E-state index contributed by atoms with van der Waals surface area (Å²) in [6.45, 7) is 0. The second-order valence-corrected chi connectivity index (χ2v) is 5.17. The number of rotatable bonds is 1. The highest BCUT2D eigenvalue weighted by Crippen LogP contribution is 2.26. The lowest BCUT2D eigenvalue weighted by molar-refractivity contribution is 1.11. The molecule has 0 aromatic carbocycles. The Morgan fingerprint density at radius 1 is 1.00 bits per heavy atom. The van der Waals surface area contributed by atoms with Crippen LogP contribution in [0.5, 0.6) is 0 Å². The van der Waals surface area contributed by atoms with Crippen LogP contribution in [0.25, 0.3) is 11.4 Å². The van der Waals surface area contributed by atoms with E-state index in [0.29, 0.717) is 5.82 Å². The zero-order valence-corrected chi connectivity index (χ0v) is 12.0. The number of halogens is 3.